The number of nitrogens with one attached hydrogen (secondary N) is 2. The largest absolute Gasteiger partial charge is 0.461 e. The zero-order valence-corrected chi connectivity index (χ0v) is 26.2. The van der Waals surface area contributed by atoms with E-state index in [2.05, 4.69) is 15.6 Å². The van der Waals surface area contributed by atoms with E-state index < -0.39 is 29.6 Å². The molecule has 0 bridgehead atoms. The van der Waals surface area contributed by atoms with Gasteiger partial charge in [-0.15, -0.1) is 11.3 Å². The van der Waals surface area contributed by atoms with Crippen molar-refractivity contribution in [1.82, 2.24) is 20.5 Å². The summed E-state index contributed by atoms with van der Waals surface area (Å²) in [5.41, 5.74) is 9.70. The van der Waals surface area contributed by atoms with E-state index >= 15 is 0 Å². The third kappa shape index (κ3) is 9.35. The number of carbonyl (C=O) groups is 4. The van der Waals surface area contributed by atoms with Crippen LogP contribution in [0, 0.1) is 12.3 Å². The number of amides is 3. The van der Waals surface area contributed by atoms with E-state index in [0.29, 0.717) is 19.4 Å². The Morgan fingerprint density at radius 3 is 2.40 bits per heavy atom. The molecule has 10 nitrogen and oxygen atoms in total. The number of nitrogens with zero attached hydrogens (tertiary/aromatic N) is 2. The van der Waals surface area contributed by atoms with Gasteiger partial charge in [-0.2, -0.15) is 0 Å². The number of likely N-dealkylation sites (tertiary alicyclic amines) is 1. The van der Waals surface area contributed by atoms with Crippen LogP contribution in [0.1, 0.15) is 77.5 Å². The molecule has 2 aromatic rings. The number of unbranched alkanes of at least 4 members (excludes halogenated alkanes) is 3. The smallest absolute Gasteiger partial charge is 0.302 e. The second kappa shape index (κ2) is 15.2. The summed E-state index contributed by atoms with van der Waals surface area (Å²) >= 11 is 1.58. The second-order valence-electron chi connectivity index (χ2n) is 12.0. The summed E-state index contributed by atoms with van der Waals surface area (Å²) in [6, 6.07) is 6.23. The van der Waals surface area contributed by atoms with Crippen LogP contribution in [0.25, 0.3) is 10.4 Å². The number of hydrogen-bond donors (Lipinski definition) is 3. The molecular formula is C31H45N5O5S. The highest BCUT2D eigenvalue weighted by Gasteiger charge is 2.45. The molecule has 0 spiro atoms. The summed E-state index contributed by atoms with van der Waals surface area (Å²) in [7, 11) is 0. The monoisotopic (exact) mass is 599 g/mol. The molecule has 1 aliphatic rings. The van der Waals surface area contributed by atoms with Gasteiger partial charge < -0.3 is 26.0 Å². The van der Waals surface area contributed by atoms with Crippen LogP contribution in [0.4, 0.5) is 0 Å². The van der Waals surface area contributed by atoms with Gasteiger partial charge in [0.2, 0.25) is 17.7 Å². The Labute approximate surface area is 252 Å². The quantitative estimate of drug-likeness (QED) is 0.235. The van der Waals surface area contributed by atoms with Crippen LogP contribution in [0.15, 0.2) is 29.8 Å². The number of aromatic nitrogens is 1. The van der Waals surface area contributed by atoms with Gasteiger partial charge in [0.15, 0.2) is 0 Å². The molecule has 0 radical (unpaired) electrons. The van der Waals surface area contributed by atoms with Crippen LogP contribution >= 0.6 is 11.3 Å². The third-order valence-electron chi connectivity index (χ3n) is 7.39. The Morgan fingerprint density at radius 1 is 1.12 bits per heavy atom. The predicted molar refractivity (Wildman–Crippen MR) is 163 cm³/mol. The molecule has 1 fully saturated rings. The molecule has 3 amide bonds. The molecule has 11 heteroatoms. The molecule has 3 rings (SSSR count). The molecule has 1 aliphatic heterocycles. The van der Waals surface area contributed by atoms with Crippen LogP contribution < -0.4 is 16.4 Å². The first-order valence-electron chi connectivity index (χ1n) is 14.6. The maximum absolute atomic E-state index is 13.9. The average molecular weight is 600 g/mol. The molecule has 4 N–H and O–H groups in total. The maximum Gasteiger partial charge on any atom is 0.302 e. The van der Waals surface area contributed by atoms with Crippen LogP contribution in [-0.4, -0.2) is 64.9 Å². The summed E-state index contributed by atoms with van der Waals surface area (Å²) in [6.45, 7) is 9.91. The zero-order valence-electron chi connectivity index (χ0n) is 25.4. The first-order chi connectivity index (χ1) is 19.9. The molecule has 1 aromatic carbocycles. The molecule has 3 atom stereocenters. The summed E-state index contributed by atoms with van der Waals surface area (Å²) in [5.74, 6) is -1.37. The molecule has 42 heavy (non-hydrogen) atoms. The SMILES string of the molecule is CC(=O)OC1CC(C(=O)NCc2ccc(-c3scnc3C)cc2)N(C(=O)C(NC(=O)CCCCCCN)C(C)(C)C)C1. The van der Waals surface area contributed by atoms with Crippen molar-refractivity contribution >= 4 is 35.0 Å². The number of benzene rings is 1. The molecule has 0 aliphatic carbocycles. The Morgan fingerprint density at radius 2 is 1.81 bits per heavy atom. The van der Waals surface area contributed by atoms with Gasteiger partial charge in [0, 0.05) is 26.3 Å². The Kier molecular flexibility index (Phi) is 12.0. The highest BCUT2D eigenvalue weighted by atomic mass is 32.1. The van der Waals surface area contributed by atoms with Crippen LogP contribution in [-0.2, 0) is 30.5 Å². The van der Waals surface area contributed by atoms with E-state index in [1.54, 1.807) is 11.3 Å². The van der Waals surface area contributed by atoms with Crippen molar-refractivity contribution in [3.8, 4) is 10.4 Å². The minimum atomic E-state index is -0.844. The lowest BCUT2D eigenvalue weighted by Crippen LogP contribution is -2.57. The van der Waals surface area contributed by atoms with Crippen molar-refractivity contribution in [1.29, 1.82) is 0 Å². The fourth-order valence-corrected chi connectivity index (χ4v) is 5.91. The highest BCUT2D eigenvalue weighted by Crippen LogP contribution is 2.29. The zero-order chi connectivity index (χ0) is 30.9. The van der Waals surface area contributed by atoms with Crippen LogP contribution in [0.2, 0.25) is 0 Å². The lowest BCUT2D eigenvalue weighted by molar-refractivity contribution is -0.147. The number of esters is 1. The number of ether oxygens (including phenoxy) is 1. The van der Waals surface area contributed by atoms with Gasteiger partial charge >= 0.3 is 5.97 Å². The first kappa shape index (κ1) is 33.2. The Balaban J connectivity index is 1.69. The fourth-order valence-electron chi connectivity index (χ4n) is 5.10. The van der Waals surface area contributed by atoms with E-state index in [-0.39, 0.29) is 37.2 Å². The Hall–Kier alpha value is -3.31. The van der Waals surface area contributed by atoms with Gasteiger partial charge in [-0.1, -0.05) is 57.9 Å². The summed E-state index contributed by atoms with van der Waals surface area (Å²) in [6.07, 6.45) is 3.38. The molecule has 230 valence electrons. The second-order valence-corrected chi connectivity index (χ2v) is 12.8. The van der Waals surface area contributed by atoms with Crippen molar-refractivity contribution in [3.05, 3.63) is 41.0 Å². The number of thiazole rings is 1. The normalized spacial score (nSPS) is 17.5. The van der Waals surface area contributed by atoms with Crippen LogP contribution in [0.3, 0.4) is 0 Å². The molecule has 1 aromatic heterocycles. The first-order valence-corrected chi connectivity index (χ1v) is 15.5. The van der Waals surface area contributed by atoms with E-state index in [4.69, 9.17) is 10.5 Å². The topological polar surface area (TPSA) is 144 Å². The van der Waals surface area contributed by atoms with Crippen molar-refractivity contribution in [2.45, 2.75) is 97.9 Å². The average Bonchev–Trinajstić information content (AvgIpc) is 3.55. The number of hydrogen-bond acceptors (Lipinski definition) is 8. The highest BCUT2D eigenvalue weighted by molar-refractivity contribution is 7.13. The van der Waals surface area contributed by atoms with Crippen LogP contribution in [0.5, 0.6) is 0 Å². The Bertz CT molecular complexity index is 1220. The van der Waals surface area contributed by atoms with Gasteiger partial charge in [-0.25, -0.2) is 4.98 Å². The number of nitrogens with two attached hydrogens (primary N) is 1. The van der Waals surface area contributed by atoms with E-state index in [1.165, 1.54) is 11.8 Å². The number of aryl methyl sites for hydroxylation is 1. The minimum absolute atomic E-state index is 0.0843. The van der Waals surface area contributed by atoms with E-state index in [1.807, 2.05) is 57.5 Å². The predicted octanol–water partition coefficient (Wildman–Crippen LogP) is 3.71. The summed E-state index contributed by atoms with van der Waals surface area (Å²) < 4.78 is 5.41. The lowest BCUT2D eigenvalue weighted by atomic mass is 9.85. The number of carbonyl (C=O) groups excluding carboxylic acids is 4. The standard InChI is InChI=1S/C31H45N5O5S/c1-20-27(42-19-34-20)23-13-11-22(12-14-23)17-33-29(39)25-16-24(41-21(2)37)18-36(25)30(40)28(31(3,4)5)35-26(38)10-8-6-7-9-15-32/h11-14,19,24-25,28H,6-10,15-18,32H2,1-5H3,(H,33,39)(H,35,38). The maximum atomic E-state index is 13.9. The van der Waals surface area contributed by atoms with Gasteiger partial charge in [0.1, 0.15) is 18.2 Å². The summed E-state index contributed by atoms with van der Waals surface area (Å²) in [4.78, 5) is 58.7. The van der Waals surface area contributed by atoms with E-state index in [9.17, 15) is 19.2 Å². The van der Waals surface area contributed by atoms with Gasteiger partial charge in [-0.3, -0.25) is 19.2 Å². The van der Waals surface area contributed by atoms with Gasteiger partial charge in [0.25, 0.3) is 0 Å². The van der Waals surface area contributed by atoms with Crippen molar-refractivity contribution < 1.29 is 23.9 Å². The van der Waals surface area contributed by atoms with E-state index in [0.717, 1.165) is 41.0 Å². The van der Waals surface area contributed by atoms with Gasteiger partial charge in [0.05, 0.1) is 22.6 Å². The molecule has 2 heterocycles. The summed E-state index contributed by atoms with van der Waals surface area (Å²) in [5, 5.41) is 5.87. The van der Waals surface area contributed by atoms with Crippen molar-refractivity contribution in [3.63, 3.8) is 0 Å². The lowest BCUT2D eigenvalue weighted by Gasteiger charge is -2.35. The fraction of sp³-hybridized carbons (Fsp3) is 0.581. The van der Waals surface area contributed by atoms with Gasteiger partial charge in [-0.05, 0) is 42.9 Å². The van der Waals surface area contributed by atoms with Crippen molar-refractivity contribution in [2.24, 2.45) is 11.1 Å². The minimum Gasteiger partial charge on any atom is -0.461 e. The molecular weight excluding hydrogens is 554 g/mol. The number of rotatable bonds is 13. The third-order valence-corrected chi connectivity index (χ3v) is 8.36. The molecule has 0 saturated carbocycles. The molecule has 1 saturated heterocycles. The molecule has 3 unspecified atom stereocenters. The van der Waals surface area contributed by atoms with Crippen molar-refractivity contribution in [2.75, 3.05) is 13.1 Å².